The Kier molecular flexibility index (Phi) is 11.9. The maximum atomic E-state index is 4.57. The summed E-state index contributed by atoms with van der Waals surface area (Å²) in [6.45, 7) is 11.1. The molecule has 0 radical (unpaired) electrons. The molecule has 0 atom stereocenters. The number of anilines is 1. The molecule has 2 aliphatic rings. The van der Waals surface area contributed by atoms with Gasteiger partial charge >= 0.3 is 0 Å². The van der Waals surface area contributed by atoms with E-state index in [1.165, 1.54) is 66.6 Å². The van der Waals surface area contributed by atoms with Crippen LogP contribution in [0.4, 0.5) is 5.69 Å². The molecule has 2 heterocycles. The smallest absolute Gasteiger partial charge is 0.0714 e. The highest BCUT2D eigenvalue weighted by molar-refractivity contribution is 8.07. The molecule has 1 aliphatic heterocycles. The molecule has 2 nitrogen and oxygen atoms in total. The normalized spacial score (nSPS) is 16.3. The van der Waals surface area contributed by atoms with Gasteiger partial charge in [0.05, 0.1) is 16.6 Å². The molecule has 66 heavy (non-hydrogen) atoms. The second kappa shape index (κ2) is 18.7. The van der Waals surface area contributed by atoms with Gasteiger partial charge in [-0.3, -0.25) is 0 Å². The van der Waals surface area contributed by atoms with Crippen molar-refractivity contribution in [3.05, 3.63) is 304 Å². The summed E-state index contributed by atoms with van der Waals surface area (Å²) in [4.78, 5) is 2.10. The van der Waals surface area contributed by atoms with Gasteiger partial charge in [-0.05, 0) is 123 Å². The van der Waals surface area contributed by atoms with Crippen molar-refractivity contribution in [2.24, 2.45) is 0 Å². The van der Waals surface area contributed by atoms with Crippen LogP contribution in [0.15, 0.2) is 265 Å². The van der Waals surface area contributed by atoms with Crippen LogP contribution in [-0.4, -0.2) is 4.57 Å². The lowest BCUT2D eigenvalue weighted by molar-refractivity contribution is 0.762. The molecule has 0 spiro atoms. The summed E-state index contributed by atoms with van der Waals surface area (Å²) >= 11 is 1.71. The number of rotatable bonds is 11. The van der Waals surface area contributed by atoms with Crippen LogP contribution in [0.3, 0.4) is 0 Å². The zero-order chi connectivity index (χ0) is 44.9. The Balaban J connectivity index is 1.09. The Bertz CT molecular complexity index is 3230. The van der Waals surface area contributed by atoms with Crippen molar-refractivity contribution in [3.63, 3.8) is 0 Å². The Hall–Kier alpha value is -7.85. The summed E-state index contributed by atoms with van der Waals surface area (Å²) < 4.78 is 2.39. The number of nitrogens with zero attached hydrogens (tertiary/aromatic N) is 1. The van der Waals surface area contributed by atoms with Crippen molar-refractivity contribution >= 4 is 46.1 Å². The maximum absolute atomic E-state index is 4.57. The first kappa shape index (κ1) is 42.1. The molecule has 318 valence electrons. The first-order valence-electron chi connectivity index (χ1n) is 22.5. The number of benzene rings is 7. The van der Waals surface area contributed by atoms with Gasteiger partial charge in [0.25, 0.3) is 0 Å². The van der Waals surface area contributed by atoms with Gasteiger partial charge in [0.2, 0.25) is 0 Å². The topological polar surface area (TPSA) is 17.0 Å². The number of nitrogens with one attached hydrogen (secondary N) is 1. The molecule has 1 aliphatic carbocycles. The van der Waals surface area contributed by atoms with Crippen LogP contribution < -0.4 is 5.32 Å². The van der Waals surface area contributed by atoms with E-state index in [4.69, 9.17) is 0 Å². The first-order valence-corrected chi connectivity index (χ1v) is 23.4. The minimum atomic E-state index is -0.555. The molecule has 8 aromatic rings. The van der Waals surface area contributed by atoms with Crippen LogP contribution in [-0.2, 0) is 11.8 Å². The number of fused-ring (bicyclic) bond motifs is 4. The SMILES string of the molecule is C=CC1=C(/C=C\C)c2ccc(N/C=C/C3=C(\C=C/c4ccc(-c5ccccc5)cc4)SC(=C)/C=C\c4c(c5ccccc5n4-c4ccccc4)C3)cc2C1(c1ccccc1)c1ccccc1. The standard InChI is InChI=1S/C63H50N2S/c1-4-20-54-55-38-37-52(44-59(55)63(58(54)5-2,50-23-12-7-13-24-50)51-25-14-8-15-26-51)64-42-41-49-43-57-56-29-18-19-30-60(56)65(53-27-16-9-17-28-53)61(57)39-31-45(3)66-62(49)40-34-46-32-35-48(36-33-46)47-21-10-6-11-22-47/h4-42,44,64H,2-3,43H2,1H3/b20-4-,39-31-,40-34-,42-41+,62-49-. The molecule has 1 N–H and O–H groups in total. The monoisotopic (exact) mass is 866 g/mol. The van der Waals surface area contributed by atoms with E-state index < -0.39 is 5.41 Å². The quantitative estimate of drug-likeness (QED) is 0.139. The van der Waals surface area contributed by atoms with Gasteiger partial charge in [0.1, 0.15) is 0 Å². The Labute approximate surface area is 393 Å². The largest absolute Gasteiger partial charge is 0.362 e. The zero-order valence-electron chi connectivity index (χ0n) is 37.1. The second-order valence-electron chi connectivity index (χ2n) is 16.6. The third kappa shape index (κ3) is 7.89. The second-order valence-corrected chi connectivity index (χ2v) is 17.8. The van der Waals surface area contributed by atoms with Gasteiger partial charge in [-0.2, -0.15) is 0 Å². The zero-order valence-corrected chi connectivity index (χ0v) is 37.9. The summed E-state index contributed by atoms with van der Waals surface area (Å²) in [5.74, 6) is 0. The number of para-hydroxylation sites is 2. The molecule has 1 aromatic heterocycles. The molecule has 0 fully saturated rings. The molecule has 3 heteroatoms. The molecular formula is C63H50N2S. The van der Waals surface area contributed by atoms with E-state index in [0.717, 1.165) is 32.4 Å². The lowest BCUT2D eigenvalue weighted by Crippen LogP contribution is -2.29. The maximum Gasteiger partial charge on any atom is 0.0714 e. The molecule has 10 rings (SSSR count). The summed E-state index contributed by atoms with van der Waals surface area (Å²) in [6, 6.07) is 67.3. The number of thioether (sulfide) groups is 1. The molecule has 0 saturated carbocycles. The van der Waals surface area contributed by atoms with Crippen LogP contribution >= 0.6 is 11.8 Å². The van der Waals surface area contributed by atoms with Crippen molar-refractivity contribution < 1.29 is 0 Å². The predicted molar refractivity (Wildman–Crippen MR) is 285 cm³/mol. The van der Waals surface area contributed by atoms with Crippen molar-refractivity contribution in [1.82, 2.24) is 4.57 Å². The highest BCUT2D eigenvalue weighted by atomic mass is 32.2. The van der Waals surface area contributed by atoms with E-state index in [-0.39, 0.29) is 0 Å². The third-order valence-electron chi connectivity index (χ3n) is 12.7. The van der Waals surface area contributed by atoms with Crippen LogP contribution in [0.5, 0.6) is 0 Å². The molecular weight excluding hydrogens is 817 g/mol. The van der Waals surface area contributed by atoms with Crippen molar-refractivity contribution in [2.75, 3.05) is 5.32 Å². The van der Waals surface area contributed by atoms with Gasteiger partial charge < -0.3 is 9.88 Å². The van der Waals surface area contributed by atoms with Crippen molar-refractivity contribution in [2.45, 2.75) is 18.8 Å². The van der Waals surface area contributed by atoms with Crippen LogP contribution in [0.25, 0.3) is 45.4 Å². The number of aromatic nitrogens is 1. The molecule has 0 unspecified atom stereocenters. The molecule has 7 aromatic carbocycles. The number of hydrogen-bond donors (Lipinski definition) is 1. The van der Waals surface area contributed by atoms with Crippen molar-refractivity contribution in [3.8, 4) is 16.8 Å². The average molecular weight is 867 g/mol. The van der Waals surface area contributed by atoms with Crippen LogP contribution in [0.2, 0.25) is 0 Å². The minimum Gasteiger partial charge on any atom is -0.362 e. The van der Waals surface area contributed by atoms with Gasteiger partial charge in [-0.15, -0.1) is 0 Å². The van der Waals surface area contributed by atoms with Gasteiger partial charge in [0, 0.05) is 39.2 Å². The van der Waals surface area contributed by atoms with E-state index in [9.17, 15) is 0 Å². The third-order valence-corrected chi connectivity index (χ3v) is 13.7. The Morgan fingerprint density at radius 3 is 1.95 bits per heavy atom. The van der Waals surface area contributed by atoms with Gasteiger partial charge in [-0.25, -0.2) is 0 Å². The summed E-state index contributed by atoms with van der Waals surface area (Å²) in [5.41, 5.74) is 17.1. The number of allylic oxidation sites excluding steroid dienone is 9. The fourth-order valence-corrected chi connectivity index (χ4v) is 10.6. The first-order chi connectivity index (χ1) is 32.6. The predicted octanol–water partition coefficient (Wildman–Crippen LogP) is 16.6. The van der Waals surface area contributed by atoms with Gasteiger partial charge in [-0.1, -0.05) is 207 Å². The summed E-state index contributed by atoms with van der Waals surface area (Å²) in [5, 5.41) is 4.99. The lowest BCUT2D eigenvalue weighted by Gasteiger charge is -2.35. The molecule has 0 bridgehead atoms. The van der Waals surface area contributed by atoms with E-state index >= 15 is 0 Å². The Morgan fingerprint density at radius 2 is 1.27 bits per heavy atom. The fourth-order valence-electron chi connectivity index (χ4n) is 9.79. The van der Waals surface area contributed by atoms with Crippen LogP contribution in [0, 0.1) is 0 Å². The Morgan fingerprint density at radius 1 is 0.636 bits per heavy atom. The van der Waals surface area contributed by atoms with Crippen molar-refractivity contribution in [1.29, 1.82) is 0 Å². The van der Waals surface area contributed by atoms with E-state index in [1.54, 1.807) is 11.8 Å². The molecule has 0 amide bonds. The minimum absolute atomic E-state index is 0.555. The average Bonchev–Trinajstić information content (AvgIpc) is 3.85. The fraction of sp³-hybridized carbons (Fsp3) is 0.0476. The number of hydrogen-bond acceptors (Lipinski definition) is 2. The summed E-state index contributed by atoms with van der Waals surface area (Å²) in [7, 11) is 0. The van der Waals surface area contributed by atoms with E-state index in [2.05, 4.69) is 273 Å². The highest BCUT2D eigenvalue weighted by Crippen LogP contribution is 2.55. The lowest BCUT2D eigenvalue weighted by atomic mass is 9.67. The van der Waals surface area contributed by atoms with Gasteiger partial charge in [0.15, 0.2) is 0 Å². The summed E-state index contributed by atoms with van der Waals surface area (Å²) in [6.07, 6.45) is 20.4. The van der Waals surface area contributed by atoms with Crippen LogP contribution in [0.1, 0.15) is 46.0 Å². The highest BCUT2D eigenvalue weighted by Gasteiger charge is 2.46. The van der Waals surface area contributed by atoms with E-state index in [1.807, 2.05) is 0 Å². The molecule has 0 saturated heterocycles. The van der Waals surface area contributed by atoms with E-state index in [0.29, 0.717) is 6.42 Å².